The molecule has 154 valence electrons. The monoisotopic (exact) mass is 401 g/mol. The summed E-state index contributed by atoms with van der Waals surface area (Å²) < 4.78 is 20.4. The highest BCUT2D eigenvalue weighted by atomic mass is 32.1. The van der Waals surface area contributed by atoms with E-state index in [-0.39, 0.29) is 18.4 Å². The average Bonchev–Trinajstić information content (AvgIpc) is 2.93. The van der Waals surface area contributed by atoms with Crippen LogP contribution in [0.1, 0.15) is 76.2 Å². The summed E-state index contributed by atoms with van der Waals surface area (Å²) in [6.07, 6.45) is 0.340. The van der Waals surface area contributed by atoms with Gasteiger partial charge in [0.15, 0.2) is 0 Å². The maximum absolute atomic E-state index is 15.1. The van der Waals surface area contributed by atoms with E-state index in [0.717, 1.165) is 11.4 Å². The second-order valence-electron chi connectivity index (χ2n) is 7.67. The molecular formula is C20H32FNO4S. The predicted molar refractivity (Wildman–Crippen MR) is 108 cm³/mol. The molecule has 1 aromatic heterocycles. The predicted octanol–water partition coefficient (Wildman–Crippen LogP) is 5.21. The van der Waals surface area contributed by atoms with Crippen molar-refractivity contribution in [2.45, 2.75) is 85.0 Å². The molecule has 27 heavy (non-hydrogen) atoms. The van der Waals surface area contributed by atoms with Gasteiger partial charge in [-0.15, -0.1) is 11.3 Å². The Balaban J connectivity index is 2.93. The minimum Gasteiger partial charge on any atom is -0.478 e. The standard InChI is InChI=1S/C20H32FNO4S/c1-7-9-16(15(21)10-11-17(23)26-20(4,5)6)22(8-2)18-13(3)14(12-27-18)19(24)25/h12,15-16H,7-11H2,1-6H3,(H,24,25). The quantitative estimate of drug-likeness (QED) is 0.545. The number of thiophene rings is 1. The number of anilines is 1. The number of ether oxygens (including phenoxy) is 1. The first-order chi connectivity index (χ1) is 12.5. The molecule has 5 nitrogen and oxygen atoms in total. The van der Waals surface area contributed by atoms with Crippen molar-refractivity contribution >= 4 is 28.3 Å². The number of carbonyl (C=O) groups excluding carboxylic acids is 1. The number of hydrogen-bond donors (Lipinski definition) is 1. The van der Waals surface area contributed by atoms with Gasteiger partial charge < -0.3 is 14.7 Å². The van der Waals surface area contributed by atoms with Crippen molar-refractivity contribution in [3.8, 4) is 0 Å². The van der Waals surface area contributed by atoms with Crippen molar-refractivity contribution in [2.75, 3.05) is 11.4 Å². The van der Waals surface area contributed by atoms with E-state index in [1.54, 1.807) is 33.1 Å². The Morgan fingerprint density at radius 3 is 2.37 bits per heavy atom. The smallest absolute Gasteiger partial charge is 0.336 e. The van der Waals surface area contributed by atoms with Gasteiger partial charge in [0.05, 0.1) is 16.6 Å². The molecule has 1 heterocycles. The fraction of sp³-hybridized carbons (Fsp3) is 0.700. The van der Waals surface area contributed by atoms with Crippen LogP contribution in [0.3, 0.4) is 0 Å². The summed E-state index contributed by atoms with van der Waals surface area (Å²) >= 11 is 1.33. The number of hydrogen-bond acceptors (Lipinski definition) is 5. The number of alkyl halides is 1. The van der Waals surface area contributed by atoms with Crippen LogP contribution in [0.4, 0.5) is 9.39 Å². The van der Waals surface area contributed by atoms with E-state index in [1.807, 2.05) is 18.7 Å². The summed E-state index contributed by atoms with van der Waals surface area (Å²) in [4.78, 5) is 25.2. The van der Waals surface area contributed by atoms with Crippen molar-refractivity contribution in [1.82, 2.24) is 0 Å². The minimum atomic E-state index is -1.20. The van der Waals surface area contributed by atoms with Crippen LogP contribution in [0.15, 0.2) is 5.38 Å². The zero-order valence-electron chi connectivity index (χ0n) is 17.2. The van der Waals surface area contributed by atoms with Crippen molar-refractivity contribution in [3.05, 3.63) is 16.5 Å². The van der Waals surface area contributed by atoms with E-state index < -0.39 is 29.8 Å². The minimum absolute atomic E-state index is 0.0278. The number of nitrogens with zero attached hydrogens (tertiary/aromatic N) is 1. The van der Waals surface area contributed by atoms with E-state index in [2.05, 4.69) is 0 Å². The lowest BCUT2D eigenvalue weighted by Gasteiger charge is -2.34. The first-order valence-electron chi connectivity index (χ1n) is 9.45. The van der Waals surface area contributed by atoms with Crippen molar-refractivity contribution in [3.63, 3.8) is 0 Å². The van der Waals surface area contributed by atoms with Crippen LogP contribution >= 0.6 is 11.3 Å². The molecule has 0 aliphatic carbocycles. The largest absolute Gasteiger partial charge is 0.478 e. The molecule has 0 spiro atoms. The number of carboxylic acids is 1. The summed E-state index contributed by atoms with van der Waals surface area (Å²) in [7, 11) is 0. The van der Waals surface area contributed by atoms with Gasteiger partial charge in [-0.05, 0) is 53.0 Å². The molecule has 0 aliphatic rings. The molecule has 0 bridgehead atoms. The molecule has 0 radical (unpaired) electrons. The molecule has 0 fully saturated rings. The molecule has 1 aromatic rings. The Morgan fingerprint density at radius 2 is 1.93 bits per heavy atom. The van der Waals surface area contributed by atoms with Gasteiger partial charge in [0, 0.05) is 18.3 Å². The van der Waals surface area contributed by atoms with E-state index in [1.165, 1.54) is 11.3 Å². The first kappa shape index (κ1) is 23.4. The van der Waals surface area contributed by atoms with Gasteiger partial charge in [-0.25, -0.2) is 9.18 Å². The lowest BCUT2D eigenvalue weighted by atomic mass is 10.0. The number of carboxylic acid groups (broad SMARTS) is 1. The zero-order chi connectivity index (χ0) is 20.8. The maximum Gasteiger partial charge on any atom is 0.336 e. The summed E-state index contributed by atoms with van der Waals surface area (Å²) in [6.45, 7) is 11.6. The third-order valence-electron chi connectivity index (χ3n) is 4.29. The molecule has 2 unspecified atom stereocenters. The number of carbonyl (C=O) groups is 2. The number of rotatable bonds is 10. The Morgan fingerprint density at radius 1 is 1.30 bits per heavy atom. The third kappa shape index (κ3) is 6.79. The van der Waals surface area contributed by atoms with Crippen LogP contribution in [0.2, 0.25) is 0 Å². The third-order valence-corrected chi connectivity index (χ3v) is 5.41. The summed E-state index contributed by atoms with van der Waals surface area (Å²) in [6, 6.07) is -0.401. The molecule has 0 saturated carbocycles. The van der Waals surface area contributed by atoms with Crippen LogP contribution in [-0.4, -0.2) is 41.4 Å². The highest BCUT2D eigenvalue weighted by molar-refractivity contribution is 7.14. The first-order valence-corrected chi connectivity index (χ1v) is 10.3. The molecule has 1 N–H and O–H groups in total. The van der Waals surface area contributed by atoms with E-state index in [9.17, 15) is 14.7 Å². The van der Waals surface area contributed by atoms with E-state index >= 15 is 4.39 Å². The lowest BCUT2D eigenvalue weighted by Crippen LogP contribution is -2.42. The zero-order valence-corrected chi connectivity index (χ0v) is 18.0. The molecule has 7 heteroatoms. The average molecular weight is 402 g/mol. The van der Waals surface area contributed by atoms with Crippen LogP contribution < -0.4 is 4.90 Å². The summed E-state index contributed by atoms with van der Waals surface area (Å²) in [5.74, 6) is -1.37. The van der Waals surface area contributed by atoms with Crippen molar-refractivity contribution in [1.29, 1.82) is 0 Å². The van der Waals surface area contributed by atoms with Gasteiger partial charge in [0.25, 0.3) is 0 Å². The SMILES string of the molecule is CCCC(C(F)CCC(=O)OC(C)(C)C)N(CC)c1scc(C(=O)O)c1C. The molecule has 1 rings (SSSR count). The maximum atomic E-state index is 15.1. The molecule has 0 aliphatic heterocycles. The van der Waals surface area contributed by atoms with Crippen molar-refractivity contribution in [2.24, 2.45) is 0 Å². The highest BCUT2D eigenvalue weighted by Crippen LogP contribution is 2.35. The summed E-state index contributed by atoms with van der Waals surface area (Å²) in [5, 5.41) is 11.7. The van der Waals surface area contributed by atoms with Crippen molar-refractivity contribution < 1.29 is 23.8 Å². The van der Waals surface area contributed by atoms with Gasteiger partial charge >= 0.3 is 11.9 Å². The number of aromatic carboxylic acids is 1. The van der Waals surface area contributed by atoms with Gasteiger partial charge in [0.2, 0.25) is 0 Å². The van der Waals surface area contributed by atoms with Crippen LogP contribution in [0.5, 0.6) is 0 Å². The Hall–Kier alpha value is -1.63. The number of esters is 1. The molecule has 0 saturated heterocycles. The Kier molecular flexibility index (Phi) is 8.72. The molecule has 0 amide bonds. The lowest BCUT2D eigenvalue weighted by molar-refractivity contribution is -0.155. The number of halogens is 1. The van der Waals surface area contributed by atoms with Crippen LogP contribution in [0.25, 0.3) is 0 Å². The normalized spacial score (nSPS) is 13.9. The second kappa shape index (κ2) is 10.1. The van der Waals surface area contributed by atoms with Gasteiger partial charge in [0.1, 0.15) is 11.8 Å². The topological polar surface area (TPSA) is 66.8 Å². The fourth-order valence-electron chi connectivity index (χ4n) is 3.10. The molecule has 2 atom stereocenters. The second-order valence-corrected chi connectivity index (χ2v) is 8.53. The Bertz CT molecular complexity index is 638. The van der Waals surface area contributed by atoms with E-state index in [0.29, 0.717) is 18.5 Å². The van der Waals surface area contributed by atoms with Gasteiger partial charge in [-0.1, -0.05) is 13.3 Å². The van der Waals surface area contributed by atoms with E-state index in [4.69, 9.17) is 4.74 Å². The van der Waals surface area contributed by atoms with Crippen LogP contribution in [0, 0.1) is 6.92 Å². The highest BCUT2D eigenvalue weighted by Gasteiger charge is 2.30. The fourth-order valence-corrected chi connectivity index (χ4v) is 4.29. The van der Waals surface area contributed by atoms with Gasteiger partial charge in [-0.2, -0.15) is 0 Å². The molecule has 0 aromatic carbocycles. The van der Waals surface area contributed by atoms with Gasteiger partial charge in [-0.3, -0.25) is 4.79 Å². The summed E-state index contributed by atoms with van der Waals surface area (Å²) in [5.41, 5.74) is 0.338. The van der Waals surface area contributed by atoms with Crippen LogP contribution in [-0.2, 0) is 9.53 Å². The Labute approximate surface area is 165 Å². The molecular weight excluding hydrogens is 369 g/mol.